The first kappa shape index (κ1) is 32.7. The van der Waals surface area contributed by atoms with Crippen molar-refractivity contribution >= 4 is 23.8 Å². The zero-order valence-electron chi connectivity index (χ0n) is 25.7. The van der Waals surface area contributed by atoms with E-state index in [2.05, 4.69) is 10.6 Å². The minimum absolute atomic E-state index is 0.0223. The van der Waals surface area contributed by atoms with Crippen molar-refractivity contribution < 1.29 is 38.1 Å². The lowest BCUT2D eigenvalue weighted by Crippen LogP contribution is -2.48. The van der Waals surface area contributed by atoms with Gasteiger partial charge in [0.2, 0.25) is 11.8 Å². The van der Waals surface area contributed by atoms with Gasteiger partial charge < -0.3 is 29.6 Å². The molecule has 1 saturated heterocycles. The molecule has 0 radical (unpaired) electrons. The number of epoxide rings is 1. The van der Waals surface area contributed by atoms with E-state index in [0.29, 0.717) is 5.75 Å². The molecule has 1 fully saturated rings. The molecule has 2 aliphatic heterocycles. The van der Waals surface area contributed by atoms with Gasteiger partial charge in [-0.15, -0.1) is 0 Å². The van der Waals surface area contributed by atoms with Crippen molar-refractivity contribution in [3.63, 3.8) is 0 Å². The van der Waals surface area contributed by atoms with Crippen LogP contribution in [0.25, 0.3) is 0 Å². The number of ether oxygens (including phenoxy) is 4. The molecule has 10 heteroatoms. The lowest BCUT2D eigenvalue weighted by Gasteiger charge is -2.26. The Morgan fingerprint density at radius 2 is 1.68 bits per heavy atom. The van der Waals surface area contributed by atoms with E-state index in [-0.39, 0.29) is 56.3 Å². The molecule has 0 aliphatic carbocycles. The van der Waals surface area contributed by atoms with Gasteiger partial charge in [0.1, 0.15) is 24.0 Å². The predicted octanol–water partition coefficient (Wildman–Crippen LogP) is 3.83. The Bertz CT molecular complexity index is 1310. The number of carbonyl (C=O) groups excluding carboxylic acids is 4. The molecule has 0 saturated carbocycles. The monoisotopic (exact) mass is 606 g/mol. The number of nitrogens with one attached hydrogen (secondary N) is 2. The van der Waals surface area contributed by atoms with E-state index >= 15 is 0 Å². The number of hydrogen-bond donors (Lipinski definition) is 2. The lowest BCUT2D eigenvalue weighted by molar-refractivity contribution is -0.174. The summed E-state index contributed by atoms with van der Waals surface area (Å²) in [7, 11) is 1.57. The first-order valence-electron chi connectivity index (χ1n) is 15.1. The smallest absolute Gasteiger partial charge is 0.347 e. The van der Waals surface area contributed by atoms with E-state index < -0.39 is 42.0 Å². The summed E-state index contributed by atoms with van der Waals surface area (Å²) in [6.45, 7) is 5.77. The maximum Gasteiger partial charge on any atom is 0.347 e. The van der Waals surface area contributed by atoms with Gasteiger partial charge in [-0.1, -0.05) is 69.3 Å². The minimum Gasteiger partial charge on any atom is -0.497 e. The predicted molar refractivity (Wildman–Crippen MR) is 162 cm³/mol. The summed E-state index contributed by atoms with van der Waals surface area (Å²) in [6.07, 6.45) is 1.50. The highest BCUT2D eigenvalue weighted by molar-refractivity contribution is 5.93. The molecule has 6 atom stereocenters. The first-order chi connectivity index (χ1) is 21.1. The molecular formula is C34H42N2O8. The van der Waals surface area contributed by atoms with E-state index in [4.69, 9.17) is 18.9 Å². The van der Waals surface area contributed by atoms with Gasteiger partial charge in [0.15, 0.2) is 6.10 Å². The van der Waals surface area contributed by atoms with Gasteiger partial charge in [0, 0.05) is 25.3 Å². The third kappa shape index (κ3) is 9.41. The van der Waals surface area contributed by atoms with Crippen LogP contribution in [0.1, 0.15) is 57.3 Å². The Kier molecular flexibility index (Phi) is 11.5. The Balaban J connectivity index is 1.54. The number of hydrogen-bond acceptors (Lipinski definition) is 8. The van der Waals surface area contributed by atoms with E-state index in [1.807, 2.05) is 63.2 Å². The quantitative estimate of drug-likeness (QED) is 0.342. The number of rotatable bonds is 8. The second-order valence-electron chi connectivity index (χ2n) is 11.7. The maximum atomic E-state index is 13.3. The number of amides is 2. The summed E-state index contributed by atoms with van der Waals surface area (Å²) in [5.74, 6) is -1.67. The summed E-state index contributed by atoms with van der Waals surface area (Å²) in [5.41, 5.74) is 1.85. The van der Waals surface area contributed by atoms with Crippen molar-refractivity contribution in [2.45, 2.75) is 76.9 Å². The molecule has 2 heterocycles. The Hall–Kier alpha value is -4.18. The third-order valence-electron chi connectivity index (χ3n) is 7.75. The molecular weight excluding hydrogens is 564 g/mol. The molecule has 10 nitrogen and oxygen atoms in total. The number of esters is 2. The van der Waals surface area contributed by atoms with Gasteiger partial charge >= 0.3 is 11.9 Å². The van der Waals surface area contributed by atoms with Crippen LogP contribution >= 0.6 is 0 Å². The van der Waals surface area contributed by atoms with Crippen molar-refractivity contribution in [3.8, 4) is 5.75 Å². The number of benzene rings is 2. The van der Waals surface area contributed by atoms with Crippen molar-refractivity contribution in [1.29, 1.82) is 0 Å². The third-order valence-corrected chi connectivity index (χ3v) is 7.75. The van der Waals surface area contributed by atoms with E-state index in [1.54, 1.807) is 25.3 Å². The first-order valence-corrected chi connectivity index (χ1v) is 15.1. The summed E-state index contributed by atoms with van der Waals surface area (Å²) < 4.78 is 22.7. The summed E-state index contributed by atoms with van der Waals surface area (Å²) in [6, 6.07) is 16.1. The average Bonchev–Trinajstić information content (AvgIpc) is 3.81. The Labute approximate surface area is 258 Å². The normalized spacial score (nSPS) is 26.5. The average molecular weight is 607 g/mol. The fraction of sp³-hybridized carbons (Fsp3) is 0.471. The summed E-state index contributed by atoms with van der Waals surface area (Å²) >= 11 is 0. The van der Waals surface area contributed by atoms with Crippen LogP contribution in [0.15, 0.2) is 66.7 Å². The molecule has 2 amide bonds. The van der Waals surface area contributed by atoms with Crippen molar-refractivity contribution in [3.05, 3.63) is 77.9 Å². The molecule has 2 unspecified atom stereocenters. The van der Waals surface area contributed by atoms with Crippen LogP contribution in [0.4, 0.5) is 0 Å². The molecule has 236 valence electrons. The van der Waals surface area contributed by atoms with E-state index in [9.17, 15) is 19.2 Å². The van der Waals surface area contributed by atoms with Crippen LogP contribution in [0.2, 0.25) is 0 Å². The molecule has 0 spiro atoms. The number of methoxy groups -OCH3 is 1. The maximum absolute atomic E-state index is 13.3. The molecule has 0 aromatic heterocycles. The van der Waals surface area contributed by atoms with Crippen LogP contribution < -0.4 is 15.4 Å². The molecule has 2 aromatic rings. The van der Waals surface area contributed by atoms with Gasteiger partial charge in [-0.2, -0.15) is 0 Å². The SMILES string of the molecule is COc1ccc(C[C@H]2NC(=O)/C=C/C[C@H]([C@H](C)C3OC3c3ccccc3)OC(=O)[C@H](CC(C)C)OC(=O)CCNC2=O)cc1. The van der Waals surface area contributed by atoms with Gasteiger partial charge in [-0.05, 0) is 41.7 Å². The zero-order chi connectivity index (χ0) is 31.6. The van der Waals surface area contributed by atoms with Crippen LogP contribution in [-0.2, 0) is 39.8 Å². The van der Waals surface area contributed by atoms with Crippen molar-refractivity contribution in [1.82, 2.24) is 10.6 Å². The summed E-state index contributed by atoms with van der Waals surface area (Å²) in [4.78, 5) is 52.2. The molecule has 4 rings (SSSR count). The highest BCUT2D eigenvalue weighted by atomic mass is 16.6. The van der Waals surface area contributed by atoms with Gasteiger partial charge in [0.25, 0.3) is 0 Å². The van der Waals surface area contributed by atoms with Crippen LogP contribution in [0, 0.1) is 11.8 Å². The molecule has 2 aliphatic rings. The standard InChI is InChI=1S/C34H42N2O8/c1-21(2)19-28-34(40)43-27(22(3)31-32(44-31)24-9-6-5-7-10-24)11-8-12-29(37)36-26(33(39)35-18-17-30(38)42-28)20-23-13-15-25(41-4)16-14-23/h5-10,12-16,21-22,26-28,31-32H,11,17-20H2,1-4H3,(H,35,39)(H,36,37)/b12-8+/t22-,26+,27+,28-,31?,32?/m0/s1. The van der Waals surface area contributed by atoms with Crippen molar-refractivity contribution in [2.24, 2.45) is 11.8 Å². The van der Waals surface area contributed by atoms with E-state index in [1.165, 1.54) is 6.08 Å². The topological polar surface area (TPSA) is 133 Å². The van der Waals surface area contributed by atoms with Crippen LogP contribution in [0.3, 0.4) is 0 Å². The number of carbonyl (C=O) groups is 4. The molecule has 2 aromatic carbocycles. The Morgan fingerprint density at radius 1 is 0.955 bits per heavy atom. The fourth-order valence-corrected chi connectivity index (χ4v) is 5.23. The minimum atomic E-state index is -1.10. The second kappa shape index (κ2) is 15.5. The lowest BCUT2D eigenvalue weighted by atomic mass is 9.93. The zero-order valence-corrected chi connectivity index (χ0v) is 25.7. The largest absolute Gasteiger partial charge is 0.497 e. The van der Waals surface area contributed by atoms with Crippen molar-refractivity contribution in [2.75, 3.05) is 13.7 Å². The highest BCUT2D eigenvalue weighted by Crippen LogP contribution is 2.45. The molecule has 44 heavy (non-hydrogen) atoms. The summed E-state index contributed by atoms with van der Waals surface area (Å²) in [5, 5.41) is 5.47. The van der Waals surface area contributed by atoms with Crippen LogP contribution in [-0.4, -0.2) is 61.8 Å². The molecule has 2 N–H and O–H groups in total. The van der Waals surface area contributed by atoms with Gasteiger partial charge in [-0.3, -0.25) is 14.4 Å². The van der Waals surface area contributed by atoms with Crippen LogP contribution in [0.5, 0.6) is 5.75 Å². The highest BCUT2D eigenvalue weighted by Gasteiger charge is 2.47. The Morgan fingerprint density at radius 3 is 2.36 bits per heavy atom. The van der Waals surface area contributed by atoms with Gasteiger partial charge in [0.05, 0.1) is 19.6 Å². The second-order valence-corrected chi connectivity index (χ2v) is 11.7. The fourth-order valence-electron chi connectivity index (χ4n) is 5.23. The van der Waals surface area contributed by atoms with E-state index in [0.717, 1.165) is 11.1 Å². The van der Waals surface area contributed by atoms with Gasteiger partial charge in [-0.25, -0.2) is 4.79 Å². The molecule has 0 bridgehead atoms. The number of cyclic esters (lactones) is 2.